The van der Waals surface area contributed by atoms with Crippen molar-refractivity contribution in [2.24, 2.45) is 5.73 Å². The van der Waals surface area contributed by atoms with Gasteiger partial charge in [-0.05, 0) is 25.5 Å². The maximum Gasteiger partial charge on any atom is 0.227 e. The Morgan fingerprint density at radius 3 is 2.69 bits per heavy atom. The zero-order valence-electron chi connectivity index (χ0n) is 8.19. The molecular formula is C7H15N5S. The van der Waals surface area contributed by atoms with Gasteiger partial charge in [0.1, 0.15) is 0 Å². The predicted octanol–water partition coefficient (Wildman–Crippen LogP) is 0.497. The van der Waals surface area contributed by atoms with E-state index in [1.165, 1.54) is 11.5 Å². The topological polar surface area (TPSA) is 67.9 Å². The number of hydrogen-bond donors (Lipinski definition) is 1. The van der Waals surface area contributed by atoms with Gasteiger partial charge >= 0.3 is 0 Å². The third kappa shape index (κ3) is 3.65. The number of anilines is 1. The van der Waals surface area contributed by atoms with Crippen molar-refractivity contribution >= 4 is 16.7 Å². The molecule has 0 saturated carbocycles. The third-order valence-corrected chi connectivity index (χ3v) is 2.42. The van der Waals surface area contributed by atoms with Crippen LogP contribution in [-0.2, 0) is 0 Å². The van der Waals surface area contributed by atoms with Crippen LogP contribution in [0.3, 0.4) is 0 Å². The summed E-state index contributed by atoms with van der Waals surface area (Å²) in [5.41, 5.74) is 5.73. The minimum absolute atomic E-state index is 0.133. The minimum Gasteiger partial charge on any atom is -0.348 e. The Morgan fingerprint density at radius 2 is 2.23 bits per heavy atom. The van der Waals surface area contributed by atoms with Gasteiger partial charge in [-0.25, -0.2) is 0 Å². The average Bonchev–Trinajstić information content (AvgIpc) is 2.50. The van der Waals surface area contributed by atoms with Gasteiger partial charge in [-0.3, -0.25) is 0 Å². The lowest BCUT2D eigenvalue weighted by atomic mass is 10.0. The van der Waals surface area contributed by atoms with Gasteiger partial charge in [0.25, 0.3) is 0 Å². The van der Waals surface area contributed by atoms with Gasteiger partial charge in [0.15, 0.2) is 0 Å². The van der Waals surface area contributed by atoms with Crippen LogP contribution in [0.2, 0.25) is 0 Å². The summed E-state index contributed by atoms with van der Waals surface area (Å²) in [5.74, 6) is 0. The lowest BCUT2D eigenvalue weighted by Crippen LogP contribution is -2.36. The molecule has 5 nitrogen and oxygen atoms in total. The quantitative estimate of drug-likeness (QED) is 0.768. The van der Waals surface area contributed by atoms with Crippen molar-refractivity contribution in [3.8, 4) is 0 Å². The summed E-state index contributed by atoms with van der Waals surface area (Å²) in [4.78, 5) is 2.01. The molecule has 0 aliphatic carbocycles. The van der Waals surface area contributed by atoms with Crippen molar-refractivity contribution in [2.45, 2.75) is 25.8 Å². The van der Waals surface area contributed by atoms with Crippen LogP contribution in [0.25, 0.3) is 0 Å². The van der Waals surface area contributed by atoms with Crippen LogP contribution in [0.15, 0.2) is 0 Å². The summed E-state index contributed by atoms with van der Waals surface area (Å²) in [7, 11) is 1.97. The molecule has 1 aromatic rings. The van der Waals surface area contributed by atoms with Gasteiger partial charge in [-0.2, -0.15) is 0 Å². The van der Waals surface area contributed by atoms with E-state index >= 15 is 0 Å². The fourth-order valence-electron chi connectivity index (χ4n) is 0.827. The minimum atomic E-state index is -0.133. The summed E-state index contributed by atoms with van der Waals surface area (Å²) in [6, 6.07) is 0. The van der Waals surface area contributed by atoms with E-state index in [1.807, 2.05) is 25.8 Å². The summed E-state index contributed by atoms with van der Waals surface area (Å²) in [5, 5.41) is 8.23. The second kappa shape index (κ2) is 3.97. The number of rotatable bonds is 4. The van der Waals surface area contributed by atoms with Crippen LogP contribution in [0.1, 0.15) is 20.3 Å². The van der Waals surface area contributed by atoms with Gasteiger partial charge in [0.2, 0.25) is 5.13 Å². The highest BCUT2D eigenvalue weighted by Crippen LogP contribution is 2.13. The Labute approximate surface area is 82.1 Å². The first kappa shape index (κ1) is 10.3. The maximum absolute atomic E-state index is 5.86. The van der Waals surface area contributed by atoms with Crippen molar-refractivity contribution in [3.05, 3.63) is 0 Å². The Bertz CT molecular complexity index is 240. The molecule has 0 saturated heterocycles. The monoisotopic (exact) mass is 201 g/mol. The first-order valence-electron chi connectivity index (χ1n) is 4.14. The van der Waals surface area contributed by atoms with E-state index in [9.17, 15) is 0 Å². The molecule has 0 spiro atoms. The highest BCUT2D eigenvalue weighted by molar-refractivity contribution is 7.09. The molecule has 6 heteroatoms. The van der Waals surface area contributed by atoms with E-state index in [-0.39, 0.29) is 5.54 Å². The Hall–Kier alpha value is -0.750. The van der Waals surface area contributed by atoms with E-state index in [4.69, 9.17) is 5.73 Å². The van der Waals surface area contributed by atoms with Crippen LogP contribution in [0, 0.1) is 0 Å². The summed E-state index contributed by atoms with van der Waals surface area (Å²) in [6.07, 6.45) is 0.920. The molecule has 1 aromatic heterocycles. The van der Waals surface area contributed by atoms with Gasteiger partial charge < -0.3 is 10.6 Å². The number of nitrogens with two attached hydrogens (primary N) is 1. The normalized spacial score (nSPS) is 11.7. The number of hydrogen-bond acceptors (Lipinski definition) is 6. The molecule has 2 N–H and O–H groups in total. The molecular weight excluding hydrogens is 186 g/mol. The smallest absolute Gasteiger partial charge is 0.227 e. The second-order valence-electron chi connectivity index (χ2n) is 3.81. The maximum atomic E-state index is 5.86. The Balaban J connectivity index is 2.39. The molecule has 0 atom stereocenters. The Morgan fingerprint density at radius 1 is 1.54 bits per heavy atom. The molecule has 74 valence electrons. The fourth-order valence-corrected chi connectivity index (χ4v) is 1.28. The summed E-state index contributed by atoms with van der Waals surface area (Å²) >= 11 is 1.29. The largest absolute Gasteiger partial charge is 0.348 e. The molecule has 0 radical (unpaired) electrons. The molecule has 0 bridgehead atoms. The first-order chi connectivity index (χ1) is 5.99. The van der Waals surface area contributed by atoms with Crippen molar-refractivity contribution in [2.75, 3.05) is 18.5 Å². The predicted molar refractivity (Wildman–Crippen MR) is 53.9 cm³/mol. The molecule has 0 fully saturated rings. The van der Waals surface area contributed by atoms with E-state index in [0.29, 0.717) is 0 Å². The molecule has 13 heavy (non-hydrogen) atoms. The van der Waals surface area contributed by atoms with Gasteiger partial charge in [-0.1, -0.05) is 9.59 Å². The third-order valence-electron chi connectivity index (χ3n) is 1.71. The van der Waals surface area contributed by atoms with Gasteiger partial charge in [0.05, 0.1) is 0 Å². The molecule has 0 amide bonds. The van der Waals surface area contributed by atoms with E-state index in [0.717, 1.165) is 18.1 Å². The molecule has 1 rings (SSSR count). The average molecular weight is 201 g/mol. The highest BCUT2D eigenvalue weighted by atomic mass is 32.1. The van der Waals surface area contributed by atoms with Gasteiger partial charge in [0, 0.05) is 30.7 Å². The Kier molecular flexibility index (Phi) is 3.16. The van der Waals surface area contributed by atoms with Crippen LogP contribution in [0.4, 0.5) is 5.13 Å². The second-order valence-corrected chi connectivity index (χ2v) is 4.52. The molecule has 0 aromatic carbocycles. The molecule has 0 aliphatic rings. The number of nitrogens with zero attached hydrogens (tertiary/aromatic N) is 4. The SMILES string of the molecule is CN(CCC(C)(C)N)c1nnns1. The highest BCUT2D eigenvalue weighted by Gasteiger charge is 2.13. The zero-order chi connectivity index (χ0) is 9.90. The summed E-state index contributed by atoms with van der Waals surface area (Å²) < 4.78 is 3.70. The number of aromatic nitrogens is 3. The fraction of sp³-hybridized carbons (Fsp3) is 0.857. The van der Waals surface area contributed by atoms with E-state index in [2.05, 4.69) is 14.8 Å². The standard InChI is InChI=1S/C7H15N5S/c1-7(2,8)4-5-12(3)6-9-10-11-13-6/h4-5,8H2,1-3H3. The van der Waals surface area contributed by atoms with Crippen LogP contribution < -0.4 is 10.6 Å². The van der Waals surface area contributed by atoms with Gasteiger partial charge in [-0.15, -0.1) is 0 Å². The van der Waals surface area contributed by atoms with E-state index in [1.54, 1.807) is 0 Å². The lowest BCUT2D eigenvalue weighted by Gasteiger charge is -2.22. The van der Waals surface area contributed by atoms with Crippen molar-refractivity contribution in [1.29, 1.82) is 0 Å². The summed E-state index contributed by atoms with van der Waals surface area (Å²) in [6.45, 7) is 4.90. The van der Waals surface area contributed by atoms with Crippen molar-refractivity contribution in [1.82, 2.24) is 14.8 Å². The van der Waals surface area contributed by atoms with Crippen molar-refractivity contribution < 1.29 is 0 Å². The molecule has 1 heterocycles. The van der Waals surface area contributed by atoms with E-state index < -0.39 is 0 Å². The van der Waals surface area contributed by atoms with Crippen LogP contribution >= 0.6 is 11.5 Å². The lowest BCUT2D eigenvalue weighted by molar-refractivity contribution is 0.478. The first-order valence-corrected chi connectivity index (χ1v) is 4.91. The van der Waals surface area contributed by atoms with Crippen LogP contribution in [0.5, 0.6) is 0 Å². The van der Waals surface area contributed by atoms with Crippen LogP contribution in [-0.4, -0.2) is 33.9 Å². The zero-order valence-corrected chi connectivity index (χ0v) is 9.01. The molecule has 0 unspecified atom stereocenters. The molecule has 0 aliphatic heterocycles. The van der Waals surface area contributed by atoms with Crippen molar-refractivity contribution in [3.63, 3.8) is 0 Å².